The Kier molecular flexibility index (Phi) is 9.26. The molecule has 3 amide bonds. The van der Waals surface area contributed by atoms with Gasteiger partial charge in [-0.1, -0.05) is 23.7 Å². The molecule has 8 nitrogen and oxygen atoms in total. The molecule has 1 saturated heterocycles. The zero-order chi connectivity index (χ0) is 28.1. The van der Waals surface area contributed by atoms with Gasteiger partial charge in [0.15, 0.2) is 0 Å². The Morgan fingerprint density at radius 1 is 1.08 bits per heavy atom. The molecule has 206 valence electrons. The highest BCUT2D eigenvalue weighted by atomic mass is 35.5. The third-order valence-corrected chi connectivity index (χ3v) is 5.85. The van der Waals surface area contributed by atoms with Crippen molar-refractivity contribution in [2.24, 2.45) is 0 Å². The second-order valence-electron chi connectivity index (χ2n) is 9.98. The predicted molar refractivity (Wildman–Crippen MR) is 137 cm³/mol. The summed E-state index contributed by atoms with van der Waals surface area (Å²) >= 11 is 5.92. The number of amides is 3. The lowest BCUT2D eigenvalue weighted by Gasteiger charge is -2.21. The van der Waals surface area contributed by atoms with Crippen molar-refractivity contribution < 1.29 is 32.3 Å². The summed E-state index contributed by atoms with van der Waals surface area (Å²) in [6.45, 7) is 6.48. The summed E-state index contributed by atoms with van der Waals surface area (Å²) in [5, 5.41) is 8.12. The lowest BCUT2D eigenvalue weighted by Crippen LogP contribution is -2.43. The van der Waals surface area contributed by atoms with Gasteiger partial charge in [-0.05, 0) is 63.1 Å². The molecule has 0 saturated carbocycles. The number of nitrogens with zero attached hydrogens (tertiary/aromatic N) is 1. The Hall–Kier alpha value is -3.31. The smallest absolute Gasteiger partial charge is 0.416 e. The maximum Gasteiger partial charge on any atom is 0.416 e. The van der Waals surface area contributed by atoms with Gasteiger partial charge in [-0.2, -0.15) is 13.2 Å². The van der Waals surface area contributed by atoms with Crippen LogP contribution in [0.4, 0.5) is 23.7 Å². The number of ether oxygens (including phenoxy) is 1. The summed E-state index contributed by atoms with van der Waals surface area (Å²) in [5.74, 6) is -1.43. The molecule has 0 unspecified atom stereocenters. The third-order valence-electron chi connectivity index (χ3n) is 5.59. The van der Waals surface area contributed by atoms with Crippen LogP contribution in [0.2, 0.25) is 5.02 Å². The molecule has 1 aliphatic heterocycles. The zero-order valence-corrected chi connectivity index (χ0v) is 22.0. The van der Waals surface area contributed by atoms with Gasteiger partial charge in [-0.3, -0.25) is 19.8 Å². The van der Waals surface area contributed by atoms with Gasteiger partial charge in [0.25, 0.3) is 5.91 Å². The minimum Gasteiger partial charge on any atom is -0.444 e. The van der Waals surface area contributed by atoms with Crippen LogP contribution < -0.4 is 16.0 Å². The van der Waals surface area contributed by atoms with E-state index in [1.165, 1.54) is 0 Å². The van der Waals surface area contributed by atoms with Crippen molar-refractivity contribution in [3.8, 4) is 0 Å². The van der Waals surface area contributed by atoms with Crippen LogP contribution in [0.25, 0.3) is 0 Å². The number of hydrogen-bond donors (Lipinski definition) is 3. The lowest BCUT2D eigenvalue weighted by atomic mass is 10.1. The van der Waals surface area contributed by atoms with Gasteiger partial charge in [0.2, 0.25) is 5.91 Å². The first kappa shape index (κ1) is 29.2. The average Bonchev–Trinajstić information content (AvgIpc) is 3.23. The van der Waals surface area contributed by atoms with Crippen molar-refractivity contribution in [2.75, 3.05) is 25.0 Å². The van der Waals surface area contributed by atoms with E-state index in [0.29, 0.717) is 30.6 Å². The fourth-order valence-corrected chi connectivity index (χ4v) is 4.03. The molecule has 3 rings (SSSR count). The van der Waals surface area contributed by atoms with Crippen molar-refractivity contribution in [1.82, 2.24) is 15.5 Å². The quantitative estimate of drug-likeness (QED) is 0.455. The standard InChI is InChI=1S/C26H30ClF3N4O4/c1-25(2,3)38-24(37)33-21-9-6-17(26(28,29)30)12-20(21)23(36)31-13-22(35)32-19-10-11-34(15-19)14-16-4-7-18(27)8-5-16/h4-9,12,19H,10-11,13-15H2,1-3H3,(H,31,36)(H,32,35)(H,33,37)/t19-/m1/s1. The highest BCUT2D eigenvalue weighted by Gasteiger charge is 2.32. The van der Waals surface area contributed by atoms with E-state index in [0.717, 1.165) is 24.2 Å². The number of alkyl halides is 3. The number of carbonyl (C=O) groups excluding carboxylic acids is 3. The van der Waals surface area contributed by atoms with Gasteiger partial charge in [0.05, 0.1) is 23.4 Å². The van der Waals surface area contributed by atoms with Crippen molar-refractivity contribution >= 4 is 35.2 Å². The van der Waals surface area contributed by atoms with E-state index in [1.807, 2.05) is 24.3 Å². The Labute approximate surface area is 223 Å². The highest BCUT2D eigenvalue weighted by Crippen LogP contribution is 2.32. The predicted octanol–water partition coefficient (Wildman–Crippen LogP) is 4.83. The van der Waals surface area contributed by atoms with E-state index in [2.05, 4.69) is 20.9 Å². The van der Waals surface area contributed by atoms with Crippen molar-refractivity contribution in [2.45, 2.75) is 51.6 Å². The summed E-state index contributed by atoms with van der Waals surface area (Å²) in [4.78, 5) is 39.5. The fourth-order valence-electron chi connectivity index (χ4n) is 3.91. The van der Waals surface area contributed by atoms with Crippen molar-refractivity contribution in [3.63, 3.8) is 0 Å². The molecule has 3 N–H and O–H groups in total. The molecule has 0 radical (unpaired) electrons. The van der Waals surface area contributed by atoms with Crippen LogP contribution in [0.1, 0.15) is 48.7 Å². The molecule has 12 heteroatoms. The van der Waals surface area contributed by atoms with Crippen molar-refractivity contribution in [1.29, 1.82) is 0 Å². The van der Waals surface area contributed by atoms with E-state index in [-0.39, 0.29) is 11.7 Å². The van der Waals surface area contributed by atoms with Crippen LogP contribution in [0, 0.1) is 0 Å². The third kappa shape index (κ3) is 8.91. The molecule has 38 heavy (non-hydrogen) atoms. The number of hydrogen-bond acceptors (Lipinski definition) is 5. The summed E-state index contributed by atoms with van der Waals surface area (Å²) in [6.07, 6.45) is -4.93. The molecular formula is C26H30ClF3N4O4. The van der Waals surface area contributed by atoms with Crippen LogP contribution in [0.15, 0.2) is 42.5 Å². The number of rotatable bonds is 7. The zero-order valence-electron chi connectivity index (χ0n) is 21.2. The van der Waals surface area contributed by atoms with E-state index < -0.39 is 47.4 Å². The Morgan fingerprint density at radius 2 is 1.76 bits per heavy atom. The van der Waals surface area contributed by atoms with Gasteiger partial charge >= 0.3 is 12.3 Å². The monoisotopic (exact) mass is 554 g/mol. The molecule has 0 aromatic heterocycles. The minimum absolute atomic E-state index is 0.135. The summed E-state index contributed by atoms with van der Waals surface area (Å²) in [7, 11) is 0. The molecule has 2 aromatic carbocycles. The van der Waals surface area contributed by atoms with E-state index in [9.17, 15) is 27.6 Å². The summed E-state index contributed by atoms with van der Waals surface area (Å²) in [6, 6.07) is 9.69. The lowest BCUT2D eigenvalue weighted by molar-refractivity contribution is -0.137. The number of benzene rings is 2. The first-order valence-corrected chi connectivity index (χ1v) is 12.3. The molecule has 1 atom stereocenters. The van der Waals surface area contributed by atoms with Crippen LogP contribution in [-0.2, 0) is 22.3 Å². The maximum atomic E-state index is 13.3. The maximum absolute atomic E-state index is 13.3. The second kappa shape index (κ2) is 12.0. The molecule has 2 aromatic rings. The highest BCUT2D eigenvalue weighted by molar-refractivity contribution is 6.30. The van der Waals surface area contributed by atoms with Crippen molar-refractivity contribution in [3.05, 3.63) is 64.2 Å². The van der Waals surface area contributed by atoms with E-state index >= 15 is 0 Å². The topological polar surface area (TPSA) is 99.8 Å². The number of nitrogens with one attached hydrogen (secondary N) is 3. The molecule has 1 heterocycles. The first-order chi connectivity index (χ1) is 17.7. The van der Waals surface area contributed by atoms with Crippen LogP contribution >= 0.6 is 11.6 Å². The van der Waals surface area contributed by atoms with Crippen LogP contribution in [0.3, 0.4) is 0 Å². The molecule has 1 aliphatic rings. The van der Waals surface area contributed by atoms with Gasteiger partial charge < -0.3 is 15.4 Å². The average molecular weight is 555 g/mol. The number of halogens is 4. The molecule has 0 aliphatic carbocycles. The van der Waals surface area contributed by atoms with Crippen LogP contribution in [0.5, 0.6) is 0 Å². The van der Waals surface area contributed by atoms with Gasteiger partial charge in [-0.25, -0.2) is 4.79 Å². The Bertz CT molecular complexity index is 1170. The number of anilines is 1. The minimum atomic E-state index is -4.71. The Morgan fingerprint density at radius 3 is 2.39 bits per heavy atom. The van der Waals surface area contributed by atoms with Crippen LogP contribution in [-0.4, -0.2) is 54.1 Å². The fraction of sp³-hybridized carbons (Fsp3) is 0.423. The van der Waals surface area contributed by atoms with Gasteiger partial charge in [0, 0.05) is 30.7 Å². The normalized spacial score (nSPS) is 16.1. The SMILES string of the molecule is CC(C)(C)OC(=O)Nc1ccc(C(F)(F)F)cc1C(=O)NCC(=O)N[C@@H]1CCN(Cc2ccc(Cl)cc2)C1. The molecule has 0 bridgehead atoms. The van der Waals surface area contributed by atoms with E-state index in [4.69, 9.17) is 16.3 Å². The largest absolute Gasteiger partial charge is 0.444 e. The van der Waals surface area contributed by atoms with Gasteiger partial charge in [-0.15, -0.1) is 0 Å². The summed E-state index contributed by atoms with van der Waals surface area (Å²) < 4.78 is 44.9. The molecule has 1 fully saturated rings. The molecular weight excluding hydrogens is 525 g/mol. The summed E-state index contributed by atoms with van der Waals surface area (Å²) in [5.41, 5.74) is -1.48. The van der Waals surface area contributed by atoms with E-state index in [1.54, 1.807) is 20.8 Å². The first-order valence-electron chi connectivity index (χ1n) is 12.0. The Balaban J connectivity index is 1.58. The second-order valence-corrected chi connectivity index (χ2v) is 10.4. The number of carbonyl (C=O) groups is 3. The molecule has 0 spiro atoms. The van der Waals surface area contributed by atoms with Gasteiger partial charge in [0.1, 0.15) is 5.60 Å². The number of likely N-dealkylation sites (tertiary alicyclic amines) is 1.